The van der Waals surface area contributed by atoms with Gasteiger partial charge in [-0.25, -0.2) is 13.4 Å². The van der Waals surface area contributed by atoms with Gasteiger partial charge in [-0.05, 0) is 42.3 Å². The Balaban J connectivity index is 1.85. The molecule has 1 N–H and O–H groups in total. The molecule has 0 radical (unpaired) electrons. The second-order valence-electron chi connectivity index (χ2n) is 6.61. The van der Waals surface area contributed by atoms with Gasteiger partial charge in [0.15, 0.2) is 0 Å². The van der Waals surface area contributed by atoms with Crippen LogP contribution in [0, 0.1) is 6.92 Å². The molecule has 1 saturated heterocycles. The summed E-state index contributed by atoms with van der Waals surface area (Å²) in [6.45, 7) is 4.41. The number of hydrogen-bond acceptors (Lipinski definition) is 4. The molecule has 0 aromatic heterocycles. The molecule has 0 saturated carbocycles. The summed E-state index contributed by atoms with van der Waals surface area (Å²) >= 11 is 7.90. The van der Waals surface area contributed by atoms with Gasteiger partial charge in [0.1, 0.15) is 23.0 Å². The third kappa shape index (κ3) is 5.59. The number of nitrogens with one attached hydrogen (secondary N) is 1. The lowest BCUT2D eigenvalue weighted by molar-refractivity contribution is 0.0548. The first kappa shape index (κ1) is 21.8. The first-order chi connectivity index (χ1) is 14.0. The largest absolute Gasteiger partial charge is 0.378 e. The highest BCUT2D eigenvalue weighted by molar-refractivity contribution is 14.1. The fourth-order valence-electron chi connectivity index (χ4n) is 2.98. The van der Waals surface area contributed by atoms with Crippen molar-refractivity contribution in [3.8, 4) is 0 Å². The molecule has 0 bridgehead atoms. The standard InChI is InChI=1S/C20H21ClIN3O4/c1-14-2-7-17(12-18(14)21)25(20(27)24-8-10-28-11-9-24)13-15-3-5-16(6-4-15)19(26)23-29-22/h2-7,12H,8-11,13H2,1H3,(H,23,26). The molecule has 0 spiro atoms. The zero-order valence-electron chi connectivity index (χ0n) is 15.9. The number of nitrogens with zero attached hydrogens (tertiary/aromatic N) is 2. The van der Waals surface area contributed by atoms with Gasteiger partial charge in [0.05, 0.1) is 19.8 Å². The number of urea groups is 1. The van der Waals surface area contributed by atoms with Gasteiger partial charge in [-0.1, -0.05) is 29.8 Å². The van der Waals surface area contributed by atoms with Crippen LogP contribution in [0.3, 0.4) is 0 Å². The molecule has 1 heterocycles. The lowest BCUT2D eigenvalue weighted by atomic mass is 10.1. The Morgan fingerprint density at radius 2 is 1.90 bits per heavy atom. The van der Waals surface area contributed by atoms with Crippen LogP contribution >= 0.6 is 34.6 Å². The topological polar surface area (TPSA) is 71.1 Å². The summed E-state index contributed by atoms with van der Waals surface area (Å²) in [4.78, 5) is 28.5. The summed E-state index contributed by atoms with van der Waals surface area (Å²) in [6.07, 6.45) is 0. The SMILES string of the molecule is Cc1ccc(N(Cc2ccc(C(=O)NOI)cc2)C(=O)N2CCOCC2)cc1Cl. The number of aryl methyl sites for hydroxylation is 1. The van der Waals surface area contributed by atoms with Gasteiger partial charge in [0, 0.05) is 29.4 Å². The van der Waals surface area contributed by atoms with Gasteiger partial charge in [-0.3, -0.25) is 9.69 Å². The average Bonchev–Trinajstić information content (AvgIpc) is 2.75. The van der Waals surface area contributed by atoms with Gasteiger partial charge in [0.25, 0.3) is 5.91 Å². The van der Waals surface area contributed by atoms with Crippen LogP contribution in [0.4, 0.5) is 10.5 Å². The quantitative estimate of drug-likeness (QED) is 0.467. The number of ether oxygens (including phenoxy) is 1. The Hall–Kier alpha value is -1.88. The van der Waals surface area contributed by atoms with E-state index < -0.39 is 0 Å². The number of carbonyl (C=O) groups is 2. The maximum absolute atomic E-state index is 13.2. The summed E-state index contributed by atoms with van der Waals surface area (Å²) in [6, 6.07) is 12.5. The van der Waals surface area contributed by atoms with E-state index in [-0.39, 0.29) is 11.9 Å². The number of carbonyl (C=O) groups excluding carboxylic acids is 2. The molecule has 0 atom stereocenters. The molecule has 2 aromatic carbocycles. The number of rotatable bonds is 5. The second kappa shape index (κ2) is 10.2. The van der Waals surface area contributed by atoms with E-state index in [0.29, 0.717) is 43.4 Å². The number of benzene rings is 2. The first-order valence-corrected chi connectivity index (χ1v) is 10.3. The summed E-state index contributed by atoms with van der Waals surface area (Å²) < 4.78 is 9.98. The second-order valence-corrected chi connectivity index (χ2v) is 7.45. The third-order valence-corrected chi connectivity index (χ3v) is 5.30. The molecule has 7 nitrogen and oxygen atoms in total. The van der Waals surface area contributed by atoms with Crippen LogP contribution < -0.4 is 10.4 Å². The number of morpholine rings is 1. The molecule has 1 fully saturated rings. The Kier molecular flexibility index (Phi) is 7.70. The number of amides is 3. The van der Waals surface area contributed by atoms with Crippen molar-refractivity contribution in [3.63, 3.8) is 0 Å². The highest BCUT2D eigenvalue weighted by atomic mass is 127. The van der Waals surface area contributed by atoms with E-state index in [1.165, 1.54) is 0 Å². The molecule has 3 amide bonds. The number of hydroxylamine groups is 1. The monoisotopic (exact) mass is 529 g/mol. The summed E-state index contributed by atoms with van der Waals surface area (Å²) in [5.41, 5.74) is 5.29. The smallest absolute Gasteiger partial charge is 0.324 e. The van der Waals surface area contributed by atoms with Crippen LogP contribution in [0.15, 0.2) is 42.5 Å². The van der Waals surface area contributed by atoms with Crippen LogP contribution in [0.2, 0.25) is 5.02 Å². The van der Waals surface area contributed by atoms with Crippen molar-refractivity contribution in [3.05, 3.63) is 64.2 Å². The van der Waals surface area contributed by atoms with E-state index in [2.05, 4.69) is 8.65 Å². The van der Waals surface area contributed by atoms with E-state index in [1.807, 2.05) is 31.2 Å². The third-order valence-electron chi connectivity index (χ3n) is 4.67. The molecular weight excluding hydrogens is 509 g/mol. The zero-order chi connectivity index (χ0) is 20.8. The van der Waals surface area contributed by atoms with E-state index in [9.17, 15) is 9.59 Å². The summed E-state index contributed by atoms with van der Waals surface area (Å²) in [5.74, 6) is -0.336. The van der Waals surface area contributed by atoms with Crippen molar-refractivity contribution >= 4 is 52.2 Å². The summed E-state index contributed by atoms with van der Waals surface area (Å²) in [7, 11) is 0. The van der Waals surface area contributed by atoms with Crippen molar-refractivity contribution in [2.24, 2.45) is 0 Å². The molecular formula is C20H21ClIN3O4. The van der Waals surface area contributed by atoms with Gasteiger partial charge in [-0.2, -0.15) is 0 Å². The highest BCUT2D eigenvalue weighted by Crippen LogP contribution is 2.26. The van der Waals surface area contributed by atoms with Crippen LogP contribution in [0.25, 0.3) is 0 Å². The number of hydrogen-bond donors (Lipinski definition) is 1. The van der Waals surface area contributed by atoms with Crippen LogP contribution in [0.1, 0.15) is 21.5 Å². The van der Waals surface area contributed by atoms with Crippen molar-refractivity contribution in [1.29, 1.82) is 0 Å². The lowest BCUT2D eigenvalue weighted by Crippen LogP contribution is -2.48. The Bertz CT molecular complexity index is 873. The maximum Gasteiger partial charge on any atom is 0.324 e. The van der Waals surface area contributed by atoms with Gasteiger partial charge < -0.3 is 9.64 Å². The van der Waals surface area contributed by atoms with Crippen molar-refractivity contribution in [2.45, 2.75) is 13.5 Å². The molecule has 0 aliphatic carbocycles. The fraction of sp³-hybridized carbons (Fsp3) is 0.300. The fourth-order valence-corrected chi connectivity index (χ4v) is 3.36. The van der Waals surface area contributed by atoms with Crippen molar-refractivity contribution < 1.29 is 17.5 Å². The lowest BCUT2D eigenvalue weighted by Gasteiger charge is -2.33. The summed E-state index contributed by atoms with van der Waals surface area (Å²) in [5, 5.41) is 0.605. The van der Waals surface area contributed by atoms with Gasteiger partial charge in [0.2, 0.25) is 0 Å². The highest BCUT2D eigenvalue weighted by Gasteiger charge is 2.25. The molecule has 0 unspecified atom stereocenters. The van der Waals surface area contributed by atoms with Crippen LogP contribution in [-0.4, -0.2) is 43.1 Å². The van der Waals surface area contributed by atoms with E-state index >= 15 is 0 Å². The van der Waals surface area contributed by atoms with Crippen LogP contribution in [-0.2, 0) is 14.4 Å². The molecule has 154 valence electrons. The molecule has 1 aliphatic heterocycles. The normalized spacial score (nSPS) is 13.8. The number of anilines is 1. The first-order valence-electron chi connectivity index (χ1n) is 9.07. The predicted molar refractivity (Wildman–Crippen MR) is 119 cm³/mol. The Morgan fingerprint density at radius 3 is 2.52 bits per heavy atom. The molecule has 29 heavy (non-hydrogen) atoms. The average molecular weight is 530 g/mol. The van der Waals surface area contributed by atoms with Crippen molar-refractivity contribution in [1.82, 2.24) is 10.4 Å². The van der Waals surface area contributed by atoms with Crippen LogP contribution in [0.5, 0.6) is 0 Å². The van der Waals surface area contributed by atoms with E-state index in [4.69, 9.17) is 16.3 Å². The minimum atomic E-state index is -0.336. The van der Waals surface area contributed by atoms with Gasteiger partial charge >= 0.3 is 6.03 Å². The maximum atomic E-state index is 13.2. The minimum absolute atomic E-state index is 0.103. The van der Waals surface area contributed by atoms with E-state index in [0.717, 1.165) is 16.8 Å². The number of halogens is 2. The molecule has 2 aromatic rings. The van der Waals surface area contributed by atoms with Gasteiger partial charge in [-0.15, -0.1) is 0 Å². The Labute approximate surface area is 188 Å². The molecule has 9 heteroatoms. The predicted octanol–water partition coefficient (Wildman–Crippen LogP) is 4.12. The molecule has 3 rings (SSSR count). The minimum Gasteiger partial charge on any atom is -0.378 e. The van der Waals surface area contributed by atoms with Crippen molar-refractivity contribution in [2.75, 3.05) is 31.2 Å². The Morgan fingerprint density at radius 1 is 1.21 bits per heavy atom. The molecule has 1 aliphatic rings. The zero-order valence-corrected chi connectivity index (χ0v) is 18.8. The van der Waals surface area contributed by atoms with E-state index in [1.54, 1.807) is 51.0 Å².